The quantitative estimate of drug-likeness (QED) is 0.566. The summed E-state index contributed by atoms with van der Waals surface area (Å²) in [5, 5.41) is 0. The highest BCUT2D eigenvalue weighted by Crippen LogP contribution is 2.27. The van der Waals surface area contributed by atoms with Gasteiger partial charge in [-0.05, 0) is 5.92 Å². The Morgan fingerprint density at radius 3 is 2.64 bits per heavy atom. The highest BCUT2D eigenvalue weighted by atomic mass is 16.1. The average molecular weight is 152 g/mol. The fraction of sp³-hybridized carbons (Fsp3) is 0.700. The van der Waals surface area contributed by atoms with E-state index < -0.39 is 0 Å². The number of rotatable bonds is 4. The molecular weight excluding hydrogens is 136 g/mol. The van der Waals surface area contributed by atoms with Gasteiger partial charge in [-0.2, -0.15) is 0 Å². The van der Waals surface area contributed by atoms with Gasteiger partial charge in [0.05, 0.1) is 0 Å². The second-order valence-electron chi connectivity index (χ2n) is 3.39. The van der Waals surface area contributed by atoms with Crippen molar-refractivity contribution in [3.63, 3.8) is 0 Å². The van der Waals surface area contributed by atoms with Crippen molar-refractivity contribution in [2.75, 3.05) is 0 Å². The monoisotopic (exact) mass is 152 g/mol. The summed E-state index contributed by atoms with van der Waals surface area (Å²) in [6.45, 7) is 3.55. The topological polar surface area (TPSA) is 17.1 Å². The molecule has 0 aromatic carbocycles. The summed E-state index contributed by atoms with van der Waals surface area (Å²) in [4.78, 5) is 11.1. The van der Waals surface area contributed by atoms with E-state index in [1.807, 2.05) is 0 Å². The van der Waals surface area contributed by atoms with Gasteiger partial charge in [0, 0.05) is 12.8 Å². The SMILES string of the molecule is C=CCC(=O)CC1CCCC1. The summed E-state index contributed by atoms with van der Waals surface area (Å²) < 4.78 is 0. The highest BCUT2D eigenvalue weighted by Gasteiger charge is 2.17. The van der Waals surface area contributed by atoms with Crippen LogP contribution in [0.2, 0.25) is 0 Å². The van der Waals surface area contributed by atoms with Crippen molar-refractivity contribution in [3.05, 3.63) is 12.7 Å². The second kappa shape index (κ2) is 4.32. The molecule has 0 radical (unpaired) electrons. The lowest BCUT2D eigenvalue weighted by Gasteiger charge is -2.04. The minimum atomic E-state index is 0.368. The summed E-state index contributed by atoms with van der Waals surface area (Å²) in [5.74, 6) is 1.06. The van der Waals surface area contributed by atoms with E-state index in [9.17, 15) is 4.79 Å². The Labute approximate surface area is 68.5 Å². The van der Waals surface area contributed by atoms with Crippen molar-refractivity contribution in [2.45, 2.75) is 38.5 Å². The van der Waals surface area contributed by atoms with E-state index in [-0.39, 0.29) is 0 Å². The Balaban J connectivity index is 2.18. The number of hydrogen-bond donors (Lipinski definition) is 0. The molecule has 1 saturated carbocycles. The third-order valence-corrected chi connectivity index (χ3v) is 2.36. The predicted molar refractivity (Wildman–Crippen MR) is 46.4 cm³/mol. The highest BCUT2D eigenvalue weighted by molar-refractivity contribution is 5.79. The maximum absolute atomic E-state index is 11.1. The van der Waals surface area contributed by atoms with E-state index in [0.29, 0.717) is 18.1 Å². The molecule has 62 valence electrons. The van der Waals surface area contributed by atoms with Crippen LogP contribution in [-0.4, -0.2) is 5.78 Å². The molecule has 1 heteroatoms. The molecule has 0 N–H and O–H groups in total. The second-order valence-corrected chi connectivity index (χ2v) is 3.39. The standard InChI is InChI=1S/C10H16O/c1-2-5-10(11)8-9-6-3-4-7-9/h2,9H,1,3-8H2. The van der Waals surface area contributed by atoms with Crippen LogP contribution in [0.15, 0.2) is 12.7 Å². The lowest BCUT2D eigenvalue weighted by Crippen LogP contribution is -2.03. The average Bonchev–Trinajstić information content (AvgIpc) is 2.40. The summed E-state index contributed by atoms with van der Waals surface area (Å²) >= 11 is 0. The van der Waals surface area contributed by atoms with Crippen molar-refractivity contribution in [3.8, 4) is 0 Å². The first kappa shape index (κ1) is 8.51. The molecule has 0 amide bonds. The van der Waals surface area contributed by atoms with Gasteiger partial charge in [0.2, 0.25) is 0 Å². The van der Waals surface area contributed by atoms with E-state index in [2.05, 4.69) is 6.58 Å². The molecule has 0 unspecified atom stereocenters. The zero-order chi connectivity index (χ0) is 8.10. The van der Waals surface area contributed by atoms with Crippen molar-refractivity contribution in [1.82, 2.24) is 0 Å². The number of carbonyl (C=O) groups excluding carboxylic acids is 1. The molecule has 0 aromatic rings. The molecule has 11 heavy (non-hydrogen) atoms. The molecule has 0 bridgehead atoms. The van der Waals surface area contributed by atoms with Crippen LogP contribution in [-0.2, 0) is 4.79 Å². The minimum absolute atomic E-state index is 0.368. The molecule has 0 spiro atoms. The van der Waals surface area contributed by atoms with Crippen LogP contribution >= 0.6 is 0 Å². The fourth-order valence-corrected chi connectivity index (χ4v) is 1.78. The number of carbonyl (C=O) groups is 1. The molecule has 1 aliphatic rings. The number of ketones is 1. The van der Waals surface area contributed by atoms with Crippen molar-refractivity contribution in [2.24, 2.45) is 5.92 Å². The van der Waals surface area contributed by atoms with Gasteiger partial charge in [0.1, 0.15) is 5.78 Å². The van der Waals surface area contributed by atoms with Crippen molar-refractivity contribution in [1.29, 1.82) is 0 Å². The maximum Gasteiger partial charge on any atom is 0.136 e. The number of allylic oxidation sites excluding steroid dienone is 1. The maximum atomic E-state index is 11.1. The van der Waals surface area contributed by atoms with Crippen molar-refractivity contribution < 1.29 is 4.79 Å². The third kappa shape index (κ3) is 2.87. The zero-order valence-electron chi connectivity index (χ0n) is 7.01. The molecule has 0 atom stereocenters. The van der Waals surface area contributed by atoms with Crippen LogP contribution in [0.4, 0.5) is 0 Å². The van der Waals surface area contributed by atoms with Crippen molar-refractivity contribution >= 4 is 5.78 Å². The van der Waals surface area contributed by atoms with E-state index in [1.54, 1.807) is 6.08 Å². The van der Waals surface area contributed by atoms with Crippen LogP contribution in [0.25, 0.3) is 0 Å². The van der Waals surface area contributed by atoms with Gasteiger partial charge >= 0.3 is 0 Å². The van der Waals surface area contributed by atoms with Crippen LogP contribution in [0, 0.1) is 5.92 Å². The first-order valence-electron chi connectivity index (χ1n) is 4.45. The normalized spacial score (nSPS) is 18.5. The lowest BCUT2D eigenvalue weighted by atomic mass is 10.00. The summed E-state index contributed by atoms with van der Waals surface area (Å²) in [6.07, 6.45) is 8.25. The van der Waals surface area contributed by atoms with Gasteiger partial charge in [-0.15, -0.1) is 6.58 Å². The van der Waals surface area contributed by atoms with Gasteiger partial charge in [0.15, 0.2) is 0 Å². The van der Waals surface area contributed by atoms with Crippen LogP contribution in [0.1, 0.15) is 38.5 Å². The molecule has 0 aromatic heterocycles. The van der Waals surface area contributed by atoms with E-state index in [1.165, 1.54) is 25.7 Å². The number of hydrogen-bond acceptors (Lipinski definition) is 1. The molecule has 0 saturated heterocycles. The van der Waals surface area contributed by atoms with Gasteiger partial charge in [-0.3, -0.25) is 4.79 Å². The van der Waals surface area contributed by atoms with Gasteiger partial charge in [-0.1, -0.05) is 31.8 Å². The minimum Gasteiger partial charge on any atom is -0.299 e. The van der Waals surface area contributed by atoms with Gasteiger partial charge < -0.3 is 0 Å². The van der Waals surface area contributed by atoms with Gasteiger partial charge in [0.25, 0.3) is 0 Å². The molecule has 1 rings (SSSR count). The van der Waals surface area contributed by atoms with E-state index in [0.717, 1.165) is 6.42 Å². The van der Waals surface area contributed by atoms with Crippen LogP contribution in [0.3, 0.4) is 0 Å². The van der Waals surface area contributed by atoms with E-state index in [4.69, 9.17) is 0 Å². The Kier molecular flexibility index (Phi) is 3.34. The smallest absolute Gasteiger partial charge is 0.136 e. The summed E-state index contributed by atoms with van der Waals surface area (Å²) in [5.41, 5.74) is 0. The fourth-order valence-electron chi connectivity index (χ4n) is 1.78. The van der Waals surface area contributed by atoms with Crippen LogP contribution < -0.4 is 0 Å². The molecule has 0 aliphatic heterocycles. The third-order valence-electron chi connectivity index (χ3n) is 2.36. The molecule has 1 nitrogen and oxygen atoms in total. The number of Topliss-reactive ketones (excluding diaryl/α,β-unsaturated/α-hetero) is 1. The van der Waals surface area contributed by atoms with Crippen LogP contribution in [0.5, 0.6) is 0 Å². The first-order chi connectivity index (χ1) is 5.33. The Morgan fingerprint density at radius 2 is 2.09 bits per heavy atom. The molecular formula is C10H16O. The molecule has 1 aliphatic carbocycles. The molecule has 1 fully saturated rings. The Hall–Kier alpha value is -0.590. The lowest BCUT2D eigenvalue weighted by molar-refractivity contribution is -0.119. The predicted octanol–water partition coefficient (Wildman–Crippen LogP) is 2.71. The van der Waals surface area contributed by atoms with Gasteiger partial charge in [-0.25, -0.2) is 0 Å². The summed E-state index contributed by atoms with van der Waals surface area (Å²) in [7, 11) is 0. The summed E-state index contributed by atoms with van der Waals surface area (Å²) in [6, 6.07) is 0. The first-order valence-corrected chi connectivity index (χ1v) is 4.45. The molecule has 0 heterocycles. The van der Waals surface area contributed by atoms with E-state index >= 15 is 0 Å². The Bertz CT molecular complexity index is 143. The Morgan fingerprint density at radius 1 is 1.45 bits per heavy atom. The largest absolute Gasteiger partial charge is 0.299 e. The zero-order valence-corrected chi connectivity index (χ0v) is 7.01.